The van der Waals surface area contributed by atoms with Crippen LogP contribution < -0.4 is 14.8 Å². The molecule has 0 bridgehead atoms. The highest BCUT2D eigenvalue weighted by Gasteiger charge is 2.17. The van der Waals surface area contributed by atoms with Crippen molar-refractivity contribution < 1.29 is 18.8 Å². The zero-order valence-electron chi connectivity index (χ0n) is 14.7. The molecule has 0 aliphatic carbocycles. The van der Waals surface area contributed by atoms with E-state index >= 15 is 0 Å². The molecule has 1 aromatic heterocycles. The molecule has 2 aromatic carbocycles. The monoisotopic (exact) mass is 352 g/mol. The Bertz CT molecular complexity index is 854. The number of aryl methyl sites for hydroxylation is 1. The Morgan fingerprint density at radius 1 is 1.08 bits per heavy atom. The van der Waals surface area contributed by atoms with Gasteiger partial charge in [0.25, 0.3) is 5.91 Å². The normalized spacial score (nSPS) is 10.4. The first kappa shape index (κ1) is 17.5. The number of carbonyl (C=O) groups is 1. The van der Waals surface area contributed by atoms with Crippen LogP contribution >= 0.6 is 0 Å². The Balaban J connectivity index is 1.54. The molecular formula is C20H20N2O4. The van der Waals surface area contributed by atoms with Gasteiger partial charge in [0.2, 0.25) is 0 Å². The van der Waals surface area contributed by atoms with Gasteiger partial charge in [-0.3, -0.25) is 4.79 Å². The first-order valence-electron chi connectivity index (χ1n) is 8.24. The van der Waals surface area contributed by atoms with E-state index in [2.05, 4.69) is 10.5 Å². The maximum absolute atomic E-state index is 12.4. The van der Waals surface area contributed by atoms with Crippen LogP contribution in [-0.2, 0) is 0 Å². The van der Waals surface area contributed by atoms with E-state index in [0.717, 1.165) is 16.9 Å². The number of amides is 1. The van der Waals surface area contributed by atoms with E-state index < -0.39 is 0 Å². The Morgan fingerprint density at radius 2 is 1.77 bits per heavy atom. The molecule has 26 heavy (non-hydrogen) atoms. The molecule has 0 aliphatic heterocycles. The second kappa shape index (κ2) is 8.20. The predicted octanol–water partition coefficient (Wildman–Crippen LogP) is 3.47. The third-order valence-electron chi connectivity index (χ3n) is 3.84. The summed E-state index contributed by atoms with van der Waals surface area (Å²) in [6.07, 6.45) is 1.43. The van der Waals surface area contributed by atoms with Crippen LogP contribution in [0.2, 0.25) is 0 Å². The van der Waals surface area contributed by atoms with E-state index in [0.29, 0.717) is 30.2 Å². The molecule has 3 aromatic rings. The summed E-state index contributed by atoms with van der Waals surface area (Å²) in [6.45, 7) is 2.72. The number of carbonyl (C=O) groups excluding carboxylic acids is 1. The standard InChI is InChI=1S/C20H20N2O4/c1-14-3-5-15(6-4-14)19-18(13-22-26-19)20(23)21-11-12-25-17-9-7-16(24-2)8-10-17/h3-10,13H,11-12H2,1-2H3,(H,21,23). The van der Waals surface area contributed by atoms with Crippen molar-refractivity contribution in [2.24, 2.45) is 0 Å². The molecule has 0 unspecified atom stereocenters. The third kappa shape index (κ3) is 4.22. The minimum atomic E-state index is -0.250. The van der Waals surface area contributed by atoms with E-state index in [1.165, 1.54) is 6.20 Å². The van der Waals surface area contributed by atoms with E-state index in [9.17, 15) is 4.79 Å². The zero-order chi connectivity index (χ0) is 18.4. The Labute approximate surface area is 151 Å². The number of hydrogen-bond acceptors (Lipinski definition) is 5. The van der Waals surface area contributed by atoms with Crippen molar-refractivity contribution in [1.82, 2.24) is 10.5 Å². The molecule has 134 valence electrons. The van der Waals surface area contributed by atoms with Gasteiger partial charge in [-0.2, -0.15) is 0 Å². The van der Waals surface area contributed by atoms with Gasteiger partial charge in [0.05, 0.1) is 19.9 Å². The van der Waals surface area contributed by atoms with Gasteiger partial charge in [0.15, 0.2) is 5.76 Å². The molecule has 0 atom stereocenters. The van der Waals surface area contributed by atoms with Crippen molar-refractivity contribution in [3.05, 3.63) is 65.9 Å². The second-order valence-electron chi connectivity index (χ2n) is 5.71. The fourth-order valence-corrected chi connectivity index (χ4v) is 2.42. The largest absolute Gasteiger partial charge is 0.497 e. The van der Waals surface area contributed by atoms with Gasteiger partial charge >= 0.3 is 0 Å². The molecule has 0 saturated carbocycles. The van der Waals surface area contributed by atoms with Crippen molar-refractivity contribution in [2.45, 2.75) is 6.92 Å². The van der Waals surface area contributed by atoms with Crippen molar-refractivity contribution in [3.63, 3.8) is 0 Å². The molecule has 0 saturated heterocycles. The van der Waals surface area contributed by atoms with E-state index in [4.69, 9.17) is 14.0 Å². The van der Waals surface area contributed by atoms with Crippen molar-refractivity contribution in [3.8, 4) is 22.8 Å². The fraction of sp³-hybridized carbons (Fsp3) is 0.200. The van der Waals surface area contributed by atoms with Crippen LogP contribution in [0.4, 0.5) is 0 Å². The topological polar surface area (TPSA) is 73.6 Å². The maximum Gasteiger partial charge on any atom is 0.257 e. The van der Waals surface area contributed by atoms with Gasteiger partial charge in [-0.25, -0.2) is 0 Å². The first-order chi connectivity index (χ1) is 12.7. The molecule has 3 rings (SSSR count). The van der Waals surface area contributed by atoms with Gasteiger partial charge in [-0.15, -0.1) is 0 Å². The molecule has 1 amide bonds. The summed E-state index contributed by atoms with van der Waals surface area (Å²) in [5.74, 6) is 1.69. The van der Waals surface area contributed by atoms with Crippen LogP contribution in [0, 0.1) is 6.92 Å². The third-order valence-corrected chi connectivity index (χ3v) is 3.84. The average molecular weight is 352 g/mol. The van der Waals surface area contributed by atoms with Crippen molar-refractivity contribution in [2.75, 3.05) is 20.3 Å². The lowest BCUT2D eigenvalue weighted by Crippen LogP contribution is -2.28. The Morgan fingerprint density at radius 3 is 2.46 bits per heavy atom. The van der Waals surface area contributed by atoms with Crippen LogP contribution in [-0.4, -0.2) is 31.3 Å². The highest BCUT2D eigenvalue weighted by Crippen LogP contribution is 2.23. The highest BCUT2D eigenvalue weighted by atomic mass is 16.5. The highest BCUT2D eigenvalue weighted by molar-refractivity contribution is 5.99. The lowest BCUT2D eigenvalue weighted by Gasteiger charge is -2.08. The lowest BCUT2D eigenvalue weighted by atomic mass is 10.1. The van der Waals surface area contributed by atoms with Crippen LogP contribution in [0.25, 0.3) is 11.3 Å². The summed E-state index contributed by atoms with van der Waals surface area (Å²) < 4.78 is 15.9. The number of methoxy groups -OCH3 is 1. The molecular weight excluding hydrogens is 332 g/mol. The minimum absolute atomic E-state index is 0.250. The fourth-order valence-electron chi connectivity index (χ4n) is 2.42. The number of hydrogen-bond donors (Lipinski definition) is 1. The molecule has 1 heterocycles. The van der Waals surface area contributed by atoms with Crippen LogP contribution in [0.5, 0.6) is 11.5 Å². The summed E-state index contributed by atoms with van der Waals surface area (Å²) in [5.41, 5.74) is 2.35. The van der Waals surface area contributed by atoms with Gasteiger partial charge in [0.1, 0.15) is 23.7 Å². The van der Waals surface area contributed by atoms with Gasteiger partial charge < -0.3 is 19.3 Å². The maximum atomic E-state index is 12.4. The molecule has 6 heteroatoms. The summed E-state index contributed by atoms with van der Waals surface area (Å²) >= 11 is 0. The van der Waals surface area contributed by atoms with Crippen molar-refractivity contribution >= 4 is 5.91 Å². The Hall–Kier alpha value is -3.28. The van der Waals surface area contributed by atoms with Gasteiger partial charge in [0, 0.05) is 5.56 Å². The number of nitrogens with zero attached hydrogens (tertiary/aromatic N) is 1. The molecule has 6 nitrogen and oxygen atoms in total. The number of aromatic nitrogens is 1. The number of benzene rings is 2. The molecule has 0 fully saturated rings. The van der Waals surface area contributed by atoms with E-state index in [-0.39, 0.29) is 5.91 Å². The Kier molecular flexibility index (Phi) is 5.53. The smallest absolute Gasteiger partial charge is 0.257 e. The summed E-state index contributed by atoms with van der Waals surface area (Å²) in [7, 11) is 1.61. The summed E-state index contributed by atoms with van der Waals surface area (Å²) in [5, 5.41) is 6.57. The molecule has 0 spiro atoms. The summed E-state index contributed by atoms with van der Waals surface area (Å²) in [4.78, 5) is 12.4. The van der Waals surface area contributed by atoms with Gasteiger partial charge in [-0.05, 0) is 31.2 Å². The molecule has 0 radical (unpaired) electrons. The van der Waals surface area contributed by atoms with Gasteiger partial charge in [-0.1, -0.05) is 35.0 Å². The van der Waals surface area contributed by atoms with E-state index in [1.807, 2.05) is 55.5 Å². The second-order valence-corrected chi connectivity index (χ2v) is 5.71. The van der Waals surface area contributed by atoms with Crippen molar-refractivity contribution in [1.29, 1.82) is 0 Å². The average Bonchev–Trinajstić information content (AvgIpc) is 3.16. The SMILES string of the molecule is COc1ccc(OCCNC(=O)c2cnoc2-c2ccc(C)cc2)cc1. The van der Waals surface area contributed by atoms with Crippen LogP contribution in [0.15, 0.2) is 59.3 Å². The summed E-state index contributed by atoms with van der Waals surface area (Å²) in [6, 6.07) is 15.0. The predicted molar refractivity (Wildman–Crippen MR) is 97.5 cm³/mol. The number of rotatable bonds is 7. The first-order valence-corrected chi connectivity index (χ1v) is 8.24. The minimum Gasteiger partial charge on any atom is -0.497 e. The van der Waals surface area contributed by atoms with Crippen LogP contribution in [0.3, 0.4) is 0 Å². The zero-order valence-corrected chi connectivity index (χ0v) is 14.7. The quantitative estimate of drug-likeness (QED) is 0.659. The molecule has 1 N–H and O–H groups in total. The lowest BCUT2D eigenvalue weighted by molar-refractivity contribution is 0.0947. The number of ether oxygens (including phenoxy) is 2. The molecule has 0 aliphatic rings. The van der Waals surface area contributed by atoms with Crippen LogP contribution in [0.1, 0.15) is 15.9 Å². The van der Waals surface area contributed by atoms with E-state index in [1.54, 1.807) is 7.11 Å². The number of nitrogens with one attached hydrogen (secondary N) is 1.